The van der Waals surface area contributed by atoms with E-state index in [1.165, 1.54) is 0 Å². The Balaban J connectivity index is 1.76. The summed E-state index contributed by atoms with van der Waals surface area (Å²) in [6.45, 7) is 2.73. The molecule has 0 atom stereocenters. The van der Waals surface area contributed by atoms with Crippen LogP contribution in [0.5, 0.6) is 5.88 Å². The number of allylic oxidation sites excluding steroid dienone is 3. The molecule has 2 aromatic rings. The molecule has 6 nitrogen and oxygen atoms in total. The smallest absolute Gasteiger partial charge is 0.416 e. The van der Waals surface area contributed by atoms with Crippen molar-refractivity contribution in [2.75, 3.05) is 24.6 Å². The van der Waals surface area contributed by atoms with Gasteiger partial charge in [0.15, 0.2) is 0 Å². The Kier molecular flexibility index (Phi) is 7.48. The first-order chi connectivity index (χ1) is 16.1. The third kappa shape index (κ3) is 5.32. The van der Waals surface area contributed by atoms with Gasteiger partial charge >= 0.3 is 6.18 Å². The zero-order valence-corrected chi connectivity index (χ0v) is 18.6. The van der Waals surface area contributed by atoms with Crippen molar-refractivity contribution in [1.82, 2.24) is 4.98 Å². The molecule has 4 N–H and O–H groups in total. The van der Waals surface area contributed by atoms with Gasteiger partial charge in [0.05, 0.1) is 28.8 Å². The van der Waals surface area contributed by atoms with E-state index in [0.29, 0.717) is 35.5 Å². The molecule has 0 spiro atoms. The SMILES string of the molecule is CCOc1ncccc1/C(N)=C/C=C(\N)C1(C=O)CCN(c2ccc(C(F)(F)F)cc2F)CC1. The molecule has 1 aliphatic heterocycles. The zero-order chi connectivity index (χ0) is 24.9. The third-order valence-corrected chi connectivity index (χ3v) is 5.88. The molecule has 0 radical (unpaired) electrons. The van der Waals surface area contributed by atoms with Crippen LogP contribution in [0.4, 0.5) is 23.2 Å². The molecule has 1 saturated heterocycles. The maximum Gasteiger partial charge on any atom is 0.416 e. The number of carbonyl (C=O) groups excluding carboxylic acids is 1. The van der Waals surface area contributed by atoms with Crippen LogP contribution >= 0.6 is 0 Å². The number of halogens is 4. The highest BCUT2D eigenvalue weighted by molar-refractivity contribution is 5.70. The van der Waals surface area contributed by atoms with Crippen LogP contribution in [0.3, 0.4) is 0 Å². The van der Waals surface area contributed by atoms with Crippen molar-refractivity contribution in [2.45, 2.75) is 25.9 Å². The van der Waals surface area contributed by atoms with Crippen molar-refractivity contribution in [1.29, 1.82) is 0 Å². The molecule has 34 heavy (non-hydrogen) atoms. The number of nitrogens with zero attached hydrogens (tertiary/aromatic N) is 2. The number of aromatic nitrogens is 1. The van der Waals surface area contributed by atoms with E-state index in [4.69, 9.17) is 16.2 Å². The van der Waals surface area contributed by atoms with E-state index < -0.39 is 23.0 Å². The number of hydrogen-bond acceptors (Lipinski definition) is 6. The van der Waals surface area contributed by atoms with Crippen molar-refractivity contribution in [3.05, 3.63) is 71.3 Å². The summed E-state index contributed by atoms with van der Waals surface area (Å²) in [6.07, 6.45) is 1.39. The molecule has 3 rings (SSSR count). The van der Waals surface area contributed by atoms with Gasteiger partial charge in [-0.2, -0.15) is 13.2 Å². The lowest BCUT2D eigenvalue weighted by Crippen LogP contribution is -2.44. The maximum atomic E-state index is 14.4. The fraction of sp³-hybridized carbons (Fsp3) is 0.333. The number of hydrogen-bond donors (Lipinski definition) is 2. The summed E-state index contributed by atoms with van der Waals surface area (Å²) in [5.74, 6) is -0.586. The average molecular weight is 478 g/mol. The predicted octanol–water partition coefficient (Wildman–Crippen LogP) is 4.27. The first kappa shape index (κ1) is 25.1. The van der Waals surface area contributed by atoms with E-state index in [0.717, 1.165) is 18.4 Å². The van der Waals surface area contributed by atoms with E-state index in [9.17, 15) is 22.4 Å². The maximum absolute atomic E-state index is 14.4. The predicted molar refractivity (Wildman–Crippen MR) is 121 cm³/mol. The monoisotopic (exact) mass is 478 g/mol. The Morgan fingerprint density at radius 1 is 1.21 bits per heavy atom. The summed E-state index contributed by atoms with van der Waals surface area (Å²) in [4.78, 5) is 17.8. The van der Waals surface area contributed by atoms with Crippen LogP contribution in [0, 0.1) is 11.2 Å². The minimum absolute atomic E-state index is 0.0548. The highest BCUT2D eigenvalue weighted by Gasteiger charge is 2.38. The molecule has 1 fully saturated rings. The number of piperidine rings is 1. The Hall–Kier alpha value is -3.56. The number of carbonyl (C=O) groups is 1. The van der Waals surface area contributed by atoms with E-state index in [1.807, 2.05) is 6.92 Å². The van der Waals surface area contributed by atoms with E-state index >= 15 is 0 Å². The first-order valence-electron chi connectivity index (χ1n) is 10.7. The Labute approximate surface area is 194 Å². The highest BCUT2D eigenvalue weighted by atomic mass is 19.4. The number of aldehydes is 1. The third-order valence-electron chi connectivity index (χ3n) is 5.88. The molecule has 1 aliphatic rings. The van der Waals surface area contributed by atoms with Crippen LogP contribution in [0.25, 0.3) is 5.70 Å². The Morgan fingerprint density at radius 2 is 1.91 bits per heavy atom. The number of pyridine rings is 1. The van der Waals surface area contributed by atoms with Gasteiger partial charge in [-0.25, -0.2) is 9.37 Å². The van der Waals surface area contributed by atoms with E-state index in [-0.39, 0.29) is 31.6 Å². The lowest BCUT2D eigenvalue weighted by Gasteiger charge is -2.39. The summed E-state index contributed by atoms with van der Waals surface area (Å²) in [5.41, 5.74) is 11.7. The molecule has 1 aromatic carbocycles. The summed E-state index contributed by atoms with van der Waals surface area (Å²) in [6, 6.07) is 5.90. The molecule has 0 bridgehead atoms. The normalized spacial score (nSPS) is 16.9. The Bertz CT molecular complexity index is 1090. The molecule has 2 heterocycles. The summed E-state index contributed by atoms with van der Waals surface area (Å²) < 4.78 is 58.3. The van der Waals surface area contributed by atoms with Gasteiger partial charge in [0, 0.05) is 30.7 Å². The summed E-state index contributed by atoms with van der Waals surface area (Å²) in [5, 5.41) is 0. The molecule has 182 valence electrons. The van der Waals surface area contributed by atoms with Gasteiger partial charge in [-0.05, 0) is 62.2 Å². The minimum atomic E-state index is -4.62. The van der Waals surface area contributed by atoms with Crippen LogP contribution < -0.4 is 21.1 Å². The zero-order valence-electron chi connectivity index (χ0n) is 18.6. The second-order valence-corrected chi connectivity index (χ2v) is 7.96. The van der Waals surface area contributed by atoms with Crippen LogP contribution in [-0.4, -0.2) is 31.0 Å². The van der Waals surface area contributed by atoms with E-state index in [2.05, 4.69) is 4.98 Å². The minimum Gasteiger partial charge on any atom is -0.477 e. The molecular formula is C24H26F4N4O2. The lowest BCUT2D eigenvalue weighted by atomic mass is 9.76. The fourth-order valence-electron chi connectivity index (χ4n) is 3.86. The topological polar surface area (TPSA) is 94.5 Å². The van der Waals surface area contributed by atoms with Gasteiger partial charge in [0.1, 0.15) is 12.1 Å². The number of benzene rings is 1. The lowest BCUT2D eigenvalue weighted by molar-refractivity contribution is -0.137. The van der Waals surface area contributed by atoms with Crippen molar-refractivity contribution < 1.29 is 27.1 Å². The molecule has 0 saturated carbocycles. The van der Waals surface area contributed by atoms with Gasteiger partial charge in [0.2, 0.25) is 5.88 Å². The highest BCUT2D eigenvalue weighted by Crippen LogP contribution is 2.38. The van der Waals surface area contributed by atoms with Crippen LogP contribution in [0.15, 0.2) is 54.4 Å². The van der Waals surface area contributed by atoms with E-state index in [1.54, 1.807) is 35.4 Å². The Morgan fingerprint density at radius 3 is 2.50 bits per heavy atom. The van der Waals surface area contributed by atoms with Crippen LogP contribution in [0.2, 0.25) is 0 Å². The molecular weight excluding hydrogens is 452 g/mol. The standard InChI is InChI=1S/C24H26F4N4O2/c1-2-34-22-17(4-3-11-31-22)19(29)6-8-21(30)23(15-33)9-12-32(13-10-23)20-7-5-16(14-18(20)25)24(26,27)28/h3-8,11,14-15H,2,9-10,12-13,29-30H2,1H3/b19-6-,21-8-. The van der Waals surface area contributed by atoms with Crippen LogP contribution in [0.1, 0.15) is 30.9 Å². The second kappa shape index (κ2) is 10.1. The van der Waals surface area contributed by atoms with Crippen molar-refractivity contribution >= 4 is 17.7 Å². The average Bonchev–Trinajstić information content (AvgIpc) is 2.82. The first-order valence-corrected chi connectivity index (χ1v) is 10.7. The fourth-order valence-corrected chi connectivity index (χ4v) is 3.86. The van der Waals surface area contributed by atoms with Gasteiger partial charge in [-0.15, -0.1) is 0 Å². The van der Waals surface area contributed by atoms with Crippen molar-refractivity contribution in [3.8, 4) is 5.88 Å². The van der Waals surface area contributed by atoms with Gasteiger partial charge < -0.3 is 25.9 Å². The quantitative estimate of drug-likeness (QED) is 0.351. The number of anilines is 1. The number of alkyl halides is 3. The molecule has 0 unspecified atom stereocenters. The van der Waals surface area contributed by atoms with Gasteiger partial charge in [0.25, 0.3) is 0 Å². The summed E-state index contributed by atoms with van der Waals surface area (Å²) in [7, 11) is 0. The molecule has 0 amide bonds. The largest absolute Gasteiger partial charge is 0.477 e. The molecule has 10 heteroatoms. The van der Waals surface area contributed by atoms with Crippen molar-refractivity contribution in [3.63, 3.8) is 0 Å². The number of rotatable bonds is 7. The number of ether oxygens (including phenoxy) is 1. The van der Waals surface area contributed by atoms with Gasteiger partial charge in [-0.3, -0.25) is 0 Å². The molecule has 1 aromatic heterocycles. The summed E-state index contributed by atoms with van der Waals surface area (Å²) >= 11 is 0. The van der Waals surface area contributed by atoms with Crippen molar-refractivity contribution in [2.24, 2.45) is 16.9 Å². The van der Waals surface area contributed by atoms with Gasteiger partial charge in [-0.1, -0.05) is 0 Å². The number of nitrogens with two attached hydrogens (primary N) is 2. The molecule has 0 aliphatic carbocycles. The second-order valence-electron chi connectivity index (χ2n) is 7.96. The van der Waals surface area contributed by atoms with Crippen LogP contribution in [-0.2, 0) is 11.0 Å².